The van der Waals surface area contributed by atoms with E-state index < -0.39 is 11.8 Å². The highest BCUT2D eigenvalue weighted by Gasteiger charge is 2.23. The molecule has 1 aromatic heterocycles. The molecule has 0 saturated heterocycles. The van der Waals surface area contributed by atoms with Crippen LogP contribution in [0.15, 0.2) is 78.8 Å². The Morgan fingerprint density at radius 1 is 1.03 bits per heavy atom. The van der Waals surface area contributed by atoms with Crippen molar-refractivity contribution < 1.29 is 19.4 Å². The molecule has 34 heavy (non-hydrogen) atoms. The number of rotatable bonds is 11. The first-order valence-corrected chi connectivity index (χ1v) is 11.5. The smallest absolute Gasteiger partial charge is 0.267 e. The van der Waals surface area contributed by atoms with E-state index in [1.54, 1.807) is 30.3 Å². The zero-order chi connectivity index (χ0) is 23.8. The van der Waals surface area contributed by atoms with Gasteiger partial charge >= 0.3 is 0 Å². The van der Waals surface area contributed by atoms with Crippen LogP contribution in [-0.2, 0) is 11.3 Å². The first kappa shape index (κ1) is 23.3. The zero-order valence-corrected chi connectivity index (χ0v) is 18.9. The molecule has 1 saturated carbocycles. The van der Waals surface area contributed by atoms with Gasteiger partial charge in [-0.25, -0.2) is 0 Å². The summed E-state index contributed by atoms with van der Waals surface area (Å²) in [5.74, 6) is 0.444. The van der Waals surface area contributed by atoms with Gasteiger partial charge in [-0.3, -0.25) is 9.59 Å². The van der Waals surface area contributed by atoms with Crippen molar-refractivity contribution in [2.45, 2.75) is 25.3 Å². The zero-order valence-electron chi connectivity index (χ0n) is 18.9. The molecule has 176 valence electrons. The van der Waals surface area contributed by atoms with Gasteiger partial charge < -0.3 is 25.0 Å². The summed E-state index contributed by atoms with van der Waals surface area (Å²) in [6.07, 6.45) is 8.02. The molecular weight excluding hydrogens is 430 g/mol. The van der Waals surface area contributed by atoms with Crippen LogP contribution in [0.4, 0.5) is 0 Å². The predicted molar refractivity (Wildman–Crippen MR) is 130 cm³/mol. The normalized spacial score (nSPS) is 13.4. The highest BCUT2D eigenvalue weighted by atomic mass is 16.5. The molecule has 1 fully saturated rings. The molecule has 1 aliphatic carbocycles. The van der Waals surface area contributed by atoms with Crippen LogP contribution in [0.5, 0.6) is 5.75 Å². The molecule has 0 radical (unpaired) electrons. The first-order valence-electron chi connectivity index (χ1n) is 11.5. The van der Waals surface area contributed by atoms with Crippen LogP contribution in [-0.4, -0.2) is 41.2 Å². The van der Waals surface area contributed by atoms with Crippen molar-refractivity contribution in [3.63, 3.8) is 0 Å². The fraction of sp³-hybridized carbons (Fsp3) is 0.259. The molecule has 3 aromatic rings. The second-order valence-corrected chi connectivity index (χ2v) is 8.23. The maximum atomic E-state index is 12.8. The molecule has 7 heteroatoms. The molecule has 0 unspecified atom stereocenters. The summed E-state index contributed by atoms with van der Waals surface area (Å²) in [5, 5.41) is 14.3. The largest absolute Gasteiger partial charge is 0.492 e. The van der Waals surface area contributed by atoms with Crippen LogP contribution in [0.2, 0.25) is 0 Å². The molecule has 3 N–H and O–H groups in total. The van der Waals surface area contributed by atoms with E-state index in [0.29, 0.717) is 23.8 Å². The average Bonchev–Trinajstić information content (AvgIpc) is 3.58. The highest BCUT2D eigenvalue weighted by Crippen LogP contribution is 2.39. The van der Waals surface area contributed by atoms with E-state index in [1.165, 1.54) is 18.4 Å². The summed E-state index contributed by atoms with van der Waals surface area (Å²) < 4.78 is 7.76. The van der Waals surface area contributed by atoms with Gasteiger partial charge in [-0.2, -0.15) is 0 Å². The monoisotopic (exact) mass is 459 g/mol. The number of benzene rings is 2. The van der Waals surface area contributed by atoms with Crippen molar-refractivity contribution in [1.82, 2.24) is 15.2 Å². The minimum atomic E-state index is -0.460. The third-order valence-corrected chi connectivity index (χ3v) is 5.59. The fourth-order valence-electron chi connectivity index (χ4n) is 3.56. The van der Waals surface area contributed by atoms with Crippen LogP contribution in [0.25, 0.3) is 6.08 Å². The minimum Gasteiger partial charge on any atom is -0.492 e. The van der Waals surface area contributed by atoms with Crippen molar-refractivity contribution >= 4 is 17.9 Å². The molecule has 2 amide bonds. The lowest BCUT2D eigenvalue weighted by molar-refractivity contribution is -0.117. The van der Waals surface area contributed by atoms with E-state index in [4.69, 9.17) is 9.84 Å². The molecule has 0 atom stereocenters. The standard InChI is InChI=1S/C27H29N3O4/c31-17-13-28-27(33)25(19-20-3-5-21(6-4-20)22-7-8-22)29-26(32)23-9-11-24(12-10-23)34-18-16-30-14-1-2-15-30/h1-6,9-12,14-15,19,22,31H,7-8,13,16-18H2,(H,28,33)(H,29,32)/b25-19-. The number of carbonyl (C=O) groups excluding carboxylic acids is 2. The Morgan fingerprint density at radius 2 is 1.74 bits per heavy atom. The molecular formula is C27H29N3O4. The molecule has 1 heterocycles. The Balaban J connectivity index is 1.40. The summed E-state index contributed by atoms with van der Waals surface area (Å²) >= 11 is 0. The lowest BCUT2D eigenvalue weighted by Crippen LogP contribution is -2.36. The van der Waals surface area contributed by atoms with E-state index in [1.807, 2.05) is 41.2 Å². The van der Waals surface area contributed by atoms with Gasteiger partial charge in [0.25, 0.3) is 11.8 Å². The third-order valence-electron chi connectivity index (χ3n) is 5.59. The van der Waals surface area contributed by atoms with Crippen molar-refractivity contribution in [1.29, 1.82) is 0 Å². The summed E-state index contributed by atoms with van der Waals surface area (Å²) in [7, 11) is 0. The topological polar surface area (TPSA) is 92.6 Å². The Hall–Kier alpha value is -3.84. The number of nitrogens with one attached hydrogen (secondary N) is 2. The van der Waals surface area contributed by atoms with E-state index >= 15 is 0 Å². The lowest BCUT2D eigenvalue weighted by Gasteiger charge is -2.12. The summed E-state index contributed by atoms with van der Waals surface area (Å²) in [5.41, 5.74) is 2.63. The van der Waals surface area contributed by atoms with Crippen LogP contribution in [0, 0.1) is 0 Å². The van der Waals surface area contributed by atoms with E-state index in [2.05, 4.69) is 22.8 Å². The molecule has 0 spiro atoms. The minimum absolute atomic E-state index is 0.0989. The Kier molecular flexibility index (Phi) is 7.78. The van der Waals surface area contributed by atoms with Gasteiger partial charge in [0.1, 0.15) is 18.1 Å². The van der Waals surface area contributed by atoms with Crippen molar-refractivity contribution in [2.75, 3.05) is 19.8 Å². The number of amides is 2. The van der Waals surface area contributed by atoms with Crippen LogP contribution >= 0.6 is 0 Å². The second kappa shape index (κ2) is 11.3. The van der Waals surface area contributed by atoms with Gasteiger partial charge in [-0.15, -0.1) is 0 Å². The molecule has 0 bridgehead atoms. The number of aliphatic hydroxyl groups is 1. The molecule has 0 aliphatic heterocycles. The average molecular weight is 460 g/mol. The van der Waals surface area contributed by atoms with Crippen LogP contribution in [0.1, 0.15) is 40.2 Å². The summed E-state index contributed by atoms with van der Waals surface area (Å²) in [6.45, 7) is 1.15. The van der Waals surface area contributed by atoms with Gasteiger partial charge in [0, 0.05) is 24.5 Å². The maximum Gasteiger partial charge on any atom is 0.267 e. The molecule has 7 nitrogen and oxygen atoms in total. The van der Waals surface area contributed by atoms with Gasteiger partial charge in [-0.05, 0) is 72.4 Å². The number of aliphatic hydroxyl groups excluding tert-OH is 1. The lowest BCUT2D eigenvalue weighted by atomic mass is 10.1. The quantitative estimate of drug-likeness (QED) is 0.384. The van der Waals surface area contributed by atoms with Crippen molar-refractivity contribution in [3.8, 4) is 5.75 Å². The molecule has 1 aliphatic rings. The van der Waals surface area contributed by atoms with Gasteiger partial charge in [-0.1, -0.05) is 24.3 Å². The molecule has 4 rings (SSSR count). The predicted octanol–water partition coefficient (Wildman–Crippen LogP) is 3.32. The van der Waals surface area contributed by atoms with E-state index in [-0.39, 0.29) is 18.8 Å². The number of carbonyl (C=O) groups is 2. The SMILES string of the molecule is O=C(NCCO)/C(=C/c1ccc(C2CC2)cc1)NC(=O)c1ccc(OCCn2cccc2)cc1. The first-order chi connectivity index (χ1) is 16.6. The Bertz CT molecular complexity index is 1120. The summed E-state index contributed by atoms with van der Waals surface area (Å²) in [6, 6.07) is 18.7. The Morgan fingerprint density at radius 3 is 2.38 bits per heavy atom. The summed E-state index contributed by atoms with van der Waals surface area (Å²) in [4.78, 5) is 25.4. The number of ether oxygens (including phenoxy) is 1. The van der Waals surface area contributed by atoms with Gasteiger partial charge in [0.15, 0.2) is 0 Å². The molecule has 2 aromatic carbocycles. The Labute approximate surface area is 199 Å². The maximum absolute atomic E-state index is 12.8. The van der Waals surface area contributed by atoms with E-state index in [0.717, 1.165) is 12.1 Å². The van der Waals surface area contributed by atoms with Gasteiger partial charge in [0.05, 0.1) is 13.2 Å². The van der Waals surface area contributed by atoms with Crippen molar-refractivity contribution in [3.05, 3.63) is 95.4 Å². The number of nitrogens with zero attached hydrogens (tertiary/aromatic N) is 1. The number of hydrogen-bond donors (Lipinski definition) is 3. The van der Waals surface area contributed by atoms with Gasteiger partial charge in [0.2, 0.25) is 0 Å². The second-order valence-electron chi connectivity index (χ2n) is 8.23. The van der Waals surface area contributed by atoms with Crippen LogP contribution in [0.3, 0.4) is 0 Å². The fourth-order valence-corrected chi connectivity index (χ4v) is 3.56. The van der Waals surface area contributed by atoms with E-state index in [9.17, 15) is 9.59 Å². The number of aromatic nitrogens is 1. The van der Waals surface area contributed by atoms with Crippen molar-refractivity contribution in [2.24, 2.45) is 0 Å². The van der Waals surface area contributed by atoms with Crippen LogP contribution < -0.4 is 15.4 Å². The third kappa shape index (κ3) is 6.59. The number of hydrogen-bond acceptors (Lipinski definition) is 4. The highest BCUT2D eigenvalue weighted by molar-refractivity contribution is 6.05.